The third kappa shape index (κ3) is 4.65. The number of hydrogen-bond acceptors (Lipinski definition) is 1. The van der Waals surface area contributed by atoms with Crippen molar-refractivity contribution in [3.8, 4) is 0 Å². The van der Waals surface area contributed by atoms with Gasteiger partial charge in [0.2, 0.25) is 5.91 Å². The molecule has 0 N–H and O–H groups in total. The van der Waals surface area contributed by atoms with Crippen LogP contribution in [0.5, 0.6) is 0 Å². The first-order valence-corrected chi connectivity index (χ1v) is 8.58. The average molecular weight is 308 g/mol. The van der Waals surface area contributed by atoms with Crippen LogP contribution in [0.25, 0.3) is 0 Å². The van der Waals surface area contributed by atoms with Gasteiger partial charge in [-0.15, -0.1) is 0 Å². The Morgan fingerprint density at radius 2 is 1.74 bits per heavy atom. The van der Waals surface area contributed by atoms with E-state index in [4.69, 9.17) is 0 Å². The third-order valence-corrected chi connectivity index (χ3v) is 4.54. The molecule has 1 saturated carbocycles. The lowest BCUT2D eigenvalue weighted by Crippen LogP contribution is -2.23. The van der Waals surface area contributed by atoms with Crippen molar-refractivity contribution in [3.63, 3.8) is 0 Å². The second-order valence-corrected chi connectivity index (χ2v) is 6.39. The summed E-state index contributed by atoms with van der Waals surface area (Å²) in [4.78, 5) is 16.7. The van der Waals surface area contributed by atoms with Gasteiger partial charge in [0, 0.05) is 19.2 Å². The number of nitrogens with zero attached hydrogens (tertiary/aromatic N) is 2. The van der Waals surface area contributed by atoms with Crippen LogP contribution in [0, 0.1) is 5.92 Å². The molecule has 2 aromatic rings. The molecule has 1 aromatic heterocycles. The van der Waals surface area contributed by atoms with Crippen LogP contribution in [0.4, 0.5) is 0 Å². The van der Waals surface area contributed by atoms with E-state index in [1.54, 1.807) is 0 Å². The van der Waals surface area contributed by atoms with E-state index in [9.17, 15) is 4.79 Å². The standard InChI is InChI=1S/C20H24N2O/c23-20(15-17-9-3-1-4-10-17)21-19-13-7-8-14-22(19)16-18-11-5-2-6-12-18/h2,5-8,11-14,17H,1,3-4,9-10,15-16H2. The fourth-order valence-electron chi connectivity index (χ4n) is 3.29. The van der Waals surface area contributed by atoms with Gasteiger partial charge in [0.25, 0.3) is 0 Å². The van der Waals surface area contributed by atoms with Crippen LogP contribution in [-0.2, 0) is 11.3 Å². The quantitative estimate of drug-likeness (QED) is 0.842. The van der Waals surface area contributed by atoms with Crippen LogP contribution < -0.4 is 5.49 Å². The largest absolute Gasteiger partial charge is 0.329 e. The van der Waals surface area contributed by atoms with Gasteiger partial charge >= 0.3 is 0 Å². The van der Waals surface area contributed by atoms with E-state index < -0.39 is 0 Å². The third-order valence-electron chi connectivity index (χ3n) is 4.54. The van der Waals surface area contributed by atoms with Gasteiger partial charge in [0.15, 0.2) is 0 Å². The normalized spacial score (nSPS) is 16.4. The predicted molar refractivity (Wildman–Crippen MR) is 91.7 cm³/mol. The van der Waals surface area contributed by atoms with Crippen molar-refractivity contribution >= 4 is 5.91 Å². The number of amides is 1. The molecular weight excluding hydrogens is 284 g/mol. The fraction of sp³-hybridized carbons (Fsp3) is 0.400. The maximum absolute atomic E-state index is 12.3. The van der Waals surface area contributed by atoms with Gasteiger partial charge in [-0.05, 0) is 36.5 Å². The van der Waals surface area contributed by atoms with Gasteiger partial charge in [0.1, 0.15) is 5.49 Å². The molecule has 0 spiro atoms. The van der Waals surface area contributed by atoms with Crippen molar-refractivity contribution in [2.75, 3.05) is 0 Å². The number of carbonyl (C=O) groups excluding carboxylic acids is 1. The molecule has 0 unspecified atom stereocenters. The second kappa shape index (κ2) is 7.91. The summed E-state index contributed by atoms with van der Waals surface area (Å²) in [5.41, 5.74) is 1.96. The number of rotatable bonds is 4. The van der Waals surface area contributed by atoms with Gasteiger partial charge in [0.05, 0.1) is 0 Å². The molecule has 1 aliphatic rings. The van der Waals surface area contributed by atoms with Crippen LogP contribution in [0.2, 0.25) is 0 Å². The zero-order chi connectivity index (χ0) is 15.9. The maximum Gasteiger partial charge on any atom is 0.247 e. The number of carbonyl (C=O) groups is 1. The molecule has 1 aliphatic carbocycles. The number of hydrogen-bond donors (Lipinski definition) is 0. The molecular formula is C20H24N2O. The number of pyridine rings is 1. The van der Waals surface area contributed by atoms with Crippen molar-refractivity contribution < 1.29 is 4.79 Å². The van der Waals surface area contributed by atoms with Crippen molar-refractivity contribution in [2.45, 2.75) is 45.1 Å². The van der Waals surface area contributed by atoms with E-state index in [0.29, 0.717) is 12.3 Å². The first-order chi connectivity index (χ1) is 11.3. The minimum Gasteiger partial charge on any atom is -0.329 e. The molecule has 0 atom stereocenters. The Morgan fingerprint density at radius 3 is 2.52 bits per heavy atom. The van der Waals surface area contributed by atoms with Crippen LogP contribution in [0.3, 0.4) is 0 Å². The second-order valence-electron chi connectivity index (χ2n) is 6.39. The van der Waals surface area contributed by atoms with E-state index in [0.717, 1.165) is 12.0 Å². The smallest absolute Gasteiger partial charge is 0.247 e. The molecule has 0 radical (unpaired) electrons. The van der Waals surface area contributed by atoms with Crippen molar-refractivity contribution in [3.05, 3.63) is 65.8 Å². The monoisotopic (exact) mass is 308 g/mol. The zero-order valence-corrected chi connectivity index (χ0v) is 13.5. The highest BCUT2D eigenvalue weighted by Crippen LogP contribution is 2.26. The summed E-state index contributed by atoms with van der Waals surface area (Å²) in [6.07, 6.45) is 8.78. The maximum atomic E-state index is 12.3. The van der Waals surface area contributed by atoms with Gasteiger partial charge < -0.3 is 4.57 Å². The minimum atomic E-state index is 0.0184. The molecule has 3 rings (SSSR count). The Morgan fingerprint density at radius 1 is 1.00 bits per heavy atom. The Bertz CT molecular complexity index is 697. The fourth-order valence-corrected chi connectivity index (χ4v) is 3.29. The van der Waals surface area contributed by atoms with Gasteiger partial charge in [-0.2, -0.15) is 4.99 Å². The topological polar surface area (TPSA) is 34.4 Å². The lowest BCUT2D eigenvalue weighted by Gasteiger charge is -2.19. The summed E-state index contributed by atoms with van der Waals surface area (Å²) < 4.78 is 2.04. The summed E-state index contributed by atoms with van der Waals surface area (Å²) in [6.45, 7) is 0.733. The van der Waals surface area contributed by atoms with Crippen LogP contribution in [0.1, 0.15) is 44.1 Å². The summed E-state index contributed by atoms with van der Waals surface area (Å²) >= 11 is 0. The Hall–Kier alpha value is -2.16. The van der Waals surface area contributed by atoms with Crippen molar-refractivity contribution in [2.24, 2.45) is 10.9 Å². The molecule has 1 heterocycles. The highest BCUT2D eigenvalue weighted by Gasteiger charge is 2.16. The summed E-state index contributed by atoms with van der Waals surface area (Å²) in [5, 5.41) is 0. The van der Waals surface area contributed by atoms with Gasteiger partial charge in [-0.25, -0.2) is 0 Å². The van der Waals surface area contributed by atoms with E-state index in [2.05, 4.69) is 17.1 Å². The zero-order valence-electron chi connectivity index (χ0n) is 13.5. The molecule has 120 valence electrons. The summed E-state index contributed by atoms with van der Waals surface area (Å²) in [5.74, 6) is 0.552. The Kier molecular flexibility index (Phi) is 5.41. The molecule has 0 bridgehead atoms. The molecule has 0 aliphatic heterocycles. The molecule has 1 amide bonds. The van der Waals surface area contributed by atoms with Crippen molar-refractivity contribution in [1.29, 1.82) is 0 Å². The first-order valence-electron chi connectivity index (χ1n) is 8.58. The lowest BCUT2D eigenvalue weighted by atomic mass is 9.87. The SMILES string of the molecule is O=C(CC1CCCCC1)N=c1ccccn1Cc1ccccc1. The first kappa shape index (κ1) is 15.7. The van der Waals surface area contributed by atoms with Crippen molar-refractivity contribution in [1.82, 2.24) is 4.57 Å². The Labute approximate surface area is 137 Å². The predicted octanol–water partition coefficient (Wildman–Crippen LogP) is 3.93. The highest BCUT2D eigenvalue weighted by atomic mass is 16.1. The van der Waals surface area contributed by atoms with Gasteiger partial charge in [-0.1, -0.05) is 55.7 Å². The van der Waals surface area contributed by atoms with Gasteiger partial charge in [-0.3, -0.25) is 4.79 Å². The molecule has 0 saturated heterocycles. The lowest BCUT2D eigenvalue weighted by molar-refractivity contribution is -0.119. The molecule has 3 nitrogen and oxygen atoms in total. The molecule has 1 fully saturated rings. The van der Waals surface area contributed by atoms with Crippen LogP contribution in [0.15, 0.2) is 59.7 Å². The van der Waals surface area contributed by atoms with E-state index in [1.807, 2.05) is 47.2 Å². The Balaban J connectivity index is 1.74. The van der Waals surface area contributed by atoms with E-state index in [1.165, 1.54) is 37.7 Å². The molecule has 23 heavy (non-hydrogen) atoms. The minimum absolute atomic E-state index is 0.0184. The van der Waals surface area contributed by atoms with E-state index >= 15 is 0 Å². The molecule has 1 aromatic carbocycles. The average Bonchev–Trinajstić information content (AvgIpc) is 2.58. The highest BCUT2D eigenvalue weighted by molar-refractivity contribution is 5.77. The van der Waals surface area contributed by atoms with Crippen LogP contribution in [-0.4, -0.2) is 10.5 Å². The summed E-state index contributed by atoms with van der Waals surface area (Å²) in [6, 6.07) is 16.1. The summed E-state index contributed by atoms with van der Waals surface area (Å²) in [7, 11) is 0. The molecule has 3 heteroatoms. The van der Waals surface area contributed by atoms with Crippen LogP contribution >= 0.6 is 0 Å². The number of aromatic nitrogens is 1. The van der Waals surface area contributed by atoms with E-state index in [-0.39, 0.29) is 5.91 Å². The number of benzene rings is 1.